The van der Waals surface area contributed by atoms with Gasteiger partial charge in [0, 0.05) is 37.8 Å². The molecule has 33 heavy (non-hydrogen) atoms. The summed E-state index contributed by atoms with van der Waals surface area (Å²) in [7, 11) is -2.00. The summed E-state index contributed by atoms with van der Waals surface area (Å²) in [5.41, 5.74) is 1.25. The van der Waals surface area contributed by atoms with Crippen molar-refractivity contribution in [1.82, 2.24) is 18.7 Å². The van der Waals surface area contributed by atoms with Crippen molar-refractivity contribution >= 4 is 21.7 Å². The van der Waals surface area contributed by atoms with E-state index in [1.54, 1.807) is 29.9 Å². The molecule has 1 aliphatic rings. The molecule has 0 radical (unpaired) electrons. The highest BCUT2D eigenvalue weighted by molar-refractivity contribution is 7.89. The number of aryl methyl sites for hydroxylation is 1. The van der Waals surface area contributed by atoms with Gasteiger partial charge in [-0.25, -0.2) is 17.5 Å². The lowest BCUT2D eigenvalue weighted by atomic mass is 9.92. The molecule has 1 aliphatic heterocycles. The predicted molar refractivity (Wildman–Crippen MR) is 124 cm³/mol. The molecule has 3 aromatic rings. The average molecular weight is 474 g/mol. The van der Waals surface area contributed by atoms with Gasteiger partial charge < -0.3 is 9.88 Å². The monoisotopic (exact) mass is 473 g/mol. The summed E-state index contributed by atoms with van der Waals surface area (Å²) in [6, 6.07) is 8.97. The lowest BCUT2D eigenvalue weighted by molar-refractivity contribution is 0.101. The Morgan fingerprint density at radius 3 is 2.33 bits per heavy atom. The van der Waals surface area contributed by atoms with E-state index in [-0.39, 0.29) is 21.8 Å². The van der Waals surface area contributed by atoms with Crippen molar-refractivity contribution in [2.24, 2.45) is 7.05 Å². The van der Waals surface area contributed by atoms with E-state index >= 15 is 0 Å². The van der Waals surface area contributed by atoms with Crippen LogP contribution >= 0.6 is 0 Å². The van der Waals surface area contributed by atoms with Crippen LogP contribution in [0.1, 0.15) is 49.8 Å². The van der Waals surface area contributed by atoms with Gasteiger partial charge >= 0.3 is 0 Å². The first-order chi connectivity index (χ1) is 15.5. The molecule has 0 unspecified atom stereocenters. The normalized spacial score (nSPS) is 15.2. The van der Waals surface area contributed by atoms with Crippen LogP contribution in [0.2, 0.25) is 0 Å². The Kier molecular flexibility index (Phi) is 5.92. The molecule has 10 heteroatoms. The molecule has 1 fully saturated rings. The summed E-state index contributed by atoms with van der Waals surface area (Å²) in [5, 5.41) is 7.46. The molecule has 8 nitrogen and oxygen atoms in total. The molecule has 3 heterocycles. The van der Waals surface area contributed by atoms with E-state index < -0.39 is 15.9 Å². The van der Waals surface area contributed by atoms with E-state index in [2.05, 4.69) is 10.4 Å². The standard InChI is InChI=1S/C23H28FN5O3S/c1-23(2,3)20-14-21(29(26-20)17-9-7-16(24)8-10-17)25-22(30)19-13-18(15-27(19)4)33(31,32)28-11-5-6-12-28/h7-10,13-15H,5-6,11-12H2,1-4H3,(H,25,30). The van der Waals surface area contributed by atoms with Gasteiger partial charge in [0.25, 0.3) is 5.91 Å². The van der Waals surface area contributed by atoms with Crippen molar-refractivity contribution in [3.05, 3.63) is 59.8 Å². The number of halogens is 1. The van der Waals surface area contributed by atoms with Crippen molar-refractivity contribution in [2.45, 2.75) is 43.9 Å². The third-order valence-corrected chi connectivity index (χ3v) is 7.57. The number of nitrogens with one attached hydrogen (secondary N) is 1. The fourth-order valence-electron chi connectivity index (χ4n) is 3.77. The predicted octanol–water partition coefficient (Wildman–Crippen LogP) is 3.68. The number of nitrogens with zero attached hydrogens (tertiary/aromatic N) is 4. The van der Waals surface area contributed by atoms with Crippen LogP contribution in [0.15, 0.2) is 47.5 Å². The van der Waals surface area contributed by atoms with Crippen LogP contribution in [0.5, 0.6) is 0 Å². The maximum atomic E-state index is 13.4. The van der Waals surface area contributed by atoms with Crippen molar-refractivity contribution in [3.8, 4) is 5.69 Å². The summed E-state index contributed by atoms with van der Waals surface area (Å²) in [6.45, 7) is 6.99. The Bertz CT molecular complexity index is 1280. The zero-order valence-electron chi connectivity index (χ0n) is 19.2. The van der Waals surface area contributed by atoms with Crippen LogP contribution in [-0.2, 0) is 22.5 Å². The number of rotatable bonds is 5. The molecule has 0 spiro atoms. The molecule has 1 amide bonds. The average Bonchev–Trinajstić information content (AvgIpc) is 3.48. The number of amides is 1. The number of sulfonamides is 1. The summed E-state index contributed by atoms with van der Waals surface area (Å²) >= 11 is 0. The molecule has 2 aromatic heterocycles. The van der Waals surface area contributed by atoms with Crippen LogP contribution in [-0.4, -0.2) is 46.1 Å². The highest BCUT2D eigenvalue weighted by Crippen LogP contribution is 2.27. The van der Waals surface area contributed by atoms with Crippen LogP contribution in [0.25, 0.3) is 5.69 Å². The third-order valence-electron chi connectivity index (χ3n) is 5.71. The molecule has 0 aliphatic carbocycles. The third kappa shape index (κ3) is 4.58. The quantitative estimate of drug-likeness (QED) is 0.612. The minimum absolute atomic E-state index is 0.0967. The van der Waals surface area contributed by atoms with Gasteiger partial charge in [0.2, 0.25) is 10.0 Å². The zero-order chi connectivity index (χ0) is 24.0. The van der Waals surface area contributed by atoms with Crippen LogP contribution in [0.4, 0.5) is 10.2 Å². The maximum Gasteiger partial charge on any atom is 0.273 e. The van der Waals surface area contributed by atoms with Crippen LogP contribution < -0.4 is 5.32 Å². The van der Waals surface area contributed by atoms with Crippen molar-refractivity contribution in [3.63, 3.8) is 0 Å². The number of anilines is 1. The number of hydrogen-bond donors (Lipinski definition) is 1. The number of carbonyl (C=O) groups excluding carboxylic acids is 1. The zero-order valence-corrected chi connectivity index (χ0v) is 20.0. The van der Waals surface area contributed by atoms with Gasteiger partial charge in [0.1, 0.15) is 22.2 Å². The van der Waals surface area contributed by atoms with Crippen LogP contribution in [0.3, 0.4) is 0 Å². The highest BCUT2D eigenvalue weighted by Gasteiger charge is 2.30. The first-order valence-electron chi connectivity index (χ1n) is 10.8. The van der Waals surface area contributed by atoms with Crippen molar-refractivity contribution in [2.75, 3.05) is 18.4 Å². The number of benzene rings is 1. The fourth-order valence-corrected chi connectivity index (χ4v) is 5.36. The molecule has 0 atom stereocenters. The first kappa shape index (κ1) is 23.2. The van der Waals surface area contributed by atoms with E-state index in [9.17, 15) is 17.6 Å². The van der Waals surface area contributed by atoms with E-state index in [1.165, 1.54) is 33.3 Å². The Morgan fingerprint density at radius 2 is 1.73 bits per heavy atom. The molecule has 0 bridgehead atoms. The SMILES string of the molecule is Cn1cc(S(=O)(=O)N2CCCC2)cc1C(=O)Nc1cc(C(C)(C)C)nn1-c1ccc(F)cc1. The maximum absolute atomic E-state index is 13.4. The van der Waals surface area contributed by atoms with Gasteiger partial charge in [-0.15, -0.1) is 0 Å². The Hall–Kier alpha value is -2.98. The largest absolute Gasteiger partial charge is 0.345 e. The number of aromatic nitrogens is 3. The van der Waals surface area contributed by atoms with Gasteiger partial charge in [0.15, 0.2) is 0 Å². The molecule has 4 rings (SSSR count). The fraction of sp³-hybridized carbons (Fsp3) is 0.391. The Balaban J connectivity index is 1.67. The summed E-state index contributed by atoms with van der Waals surface area (Å²) < 4.78 is 43.7. The Labute approximate surface area is 193 Å². The molecular weight excluding hydrogens is 445 g/mol. The van der Waals surface area contributed by atoms with E-state index in [4.69, 9.17) is 0 Å². The van der Waals surface area contributed by atoms with E-state index in [0.29, 0.717) is 24.6 Å². The topological polar surface area (TPSA) is 89.2 Å². The lowest BCUT2D eigenvalue weighted by Gasteiger charge is -2.14. The number of carbonyl (C=O) groups is 1. The van der Waals surface area contributed by atoms with Gasteiger partial charge in [-0.05, 0) is 43.2 Å². The van der Waals surface area contributed by atoms with Gasteiger partial charge in [-0.3, -0.25) is 4.79 Å². The van der Waals surface area contributed by atoms with Gasteiger partial charge in [-0.2, -0.15) is 9.40 Å². The second kappa shape index (κ2) is 8.42. The summed E-state index contributed by atoms with van der Waals surface area (Å²) in [5.74, 6) is -0.436. The highest BCUT2D eigenvalue weighted by atomic mass is 32.2. The van der Waals surface area contributed by atoms with Crippen molar-refractivity contribution in [1.29, 1.82) is 0 Å². The van der Waals surface area contributed by atoms with Gasteiger partial charge in [0.05, 0.1) is 11.4 Å². The second-order valence-corrected chi connectivity index (χ2v) is 11.2. The van der Waals surface area contributed by atoms with E-state index in [0.717, 1.165) is 18.5 Å². The van der Waals surface area contributed by atoms with Gasteiger partial charge in [-0.1, -0.05) is 20.8 Å². The summed E-state index contributed by atoms with van der Waals surface area (Å²) in [4.78, 5) is 13.2. The second-order valence-electron chi connectivity index (χ2n) is 9.29. The van der Waals surface area contributed by atoms with Crippen molar-refractivity contribution < 1.29 is 17.6 Å². The molecule has 1 aromatic carbocycles. The number of hydrogen-bond acceptors (Lipinski definition) is 4. The minimum Gasteiger partial charge on any atom is -0.345 e. The Morgan fingerprint density at radius 1 is 1.09 bits per heavy atom. The molecule has 1 N–H and O–H groups in total. The molecule has 0 saturated carbocycles. The lowest BCUT2D eigenvalue weighted by Crippen LogP contribution is -2.27. The van der Waals surface area contributed by atoms with E-state index in [1.807, 2.05) is 20.8 Å². The first-order valence-corrected chi connectivity index (χ1v) is 12.3. The minimum atomic E-state index is -3.64. The smallest absolute Gasteiger partial charge is 0.273 e. The summed E-state index contributed by atoms with van der Waals surface area (Å²) in [6.07, 6.45) is 3.13. The van der Waals surface area contributed by atoms with Crippen LogP contribution in [0, 0.1) is 5.82 Å². The molecule has 176 valence electrons. The molecular formula is C23H28FN5O3S. The molecule has 1 saturated heterocycles.